The van der Waals surface area contributed by atoms with Crippen LogP contribution in [0.15, 0.2) is 24.5 Å². The van der Waals surface area contributed by atoms with E-state index >= 15 is 0 Å². The van der Waals surface area contributed by atoms with E-state index in [1.807, 2.05) is 4.57 Å². The Bertz CT molecular complexity index is 550. The Morgan fingerprint density at radius 1 is 1.41 bits per heavy atom. The van der Waals surface area contributed by atoms with E-state index in [0.717, 1.165) is 24.5 Å². The second-order valence-corrected chi connectivity index (χ2v) is 4.41. The summed E-state index contributed by atoms with van der Waals surface area (Å²) in [7, 11) is 0. The number of aromatic nitrogens is 3. The molecule has 0 unspecified atom stereocenters. The van der Waals surface area contributed by atoms with Crippen LogP contribution < -0.4 is 5.32 Å². The molecule has 17 heavy (non-hydrogen) atoms. The van der Waals surface area contributed by atoms with Crippen LogP contribution in [0.1, 0.15) is 6.04 Å². The Labute approximate surface area is 102 Å². The van der Waals surface area contributed by atoms with Crippen molar-refractivity contribution in [3.63, 3.8) is 0 Å². The van der Waals surface area contributed by atoms with Crippen molar-refractivity contribution in [2.24, 2.45) is 0 Å². The molecule has 1 aromatic carbocycles. The molecule has 1 N–H and O–H groups in total. The quantitative estimate of drug-likeness (QED) is 0.888. The van der Waals surface area contributed by atoms with Gasteiger partial charge in [-0.25, -0.2) is 4.39 Å². The summed E-state index contributed by atoms with van der Waals surface area (Å²) in [4.78, 5) is 0. The van der Waals surface area contributed by atoms with E-state index in [0.29, 0.717) is 6.04 Å². The molecular weight excluding hydrogens is 243 g/mol. The third-order valence-corrected chi connectivity index (χ3v) is 3.19. The number of nitrogens with zero attached hydrogens (tertiary/aromatic N) is 3. The van der Waals surface area contributed by atoms with Crippen molar-refractivity contribution < 1.29 is 4.39 Å². The molecule has 2 heterocycles. The van der Waals surface area contributed by atoms with E-state index in [9.17, 15) is 4.39 Å². The molecule has 1 aromatic heterocycles. The lowest BCUT2D eigenvalue weighted by Crippen LogP contribution is -2.43. The highest BCUT2D eigenvalue weighted by Gasteiger charge is 2.22. The summed E-state index contributed by atoms with van der Waals surface area (Å²) >= 11 is 5.77. The lowest BCUT2D eigenvalue weighted by molar-refractivity contribution is 0.345. The van der Waals surface area contributed by atoms with Crippen LogP contribution in [0.5, 0.6) is 0 Å². The topological polar surface area (TPSA) is 42.7 Å². The van der Waals surface area contributed by atoms with Gasteiger partial charge in [-0.05, 0) is 18.2 Å². The highest BCUT2D eigenvalue weighted by atomic mass is 35.5. The molecule has 6 heteroatoms. The molecule has 0 atom stereocenters. The lowest BCUT2D eigenvalue weighted by Gasteiger charge is -2.29. The maximum atomic E-state index is 13.1. The fourth-order valence-electron chi connectivity index (χ4n) is 1.82. The zero-order valence-electron chi connectivity index (χ0n) is 8.90. The molecule has 3 rings (SSSR count). The van der Waals surface area contributed by atoms with Gasteiger partial charge in [0, 0.05) is 18.7 Å². The summed E-state index contributed by atoms with van der Waals surface area (Å²) < 4.78 is 15.1. The van der Waals surface area contributed by atoms with Crippen LogP contribution in [0.4, 0.5) is 4.39 Å². The molecule has 1 aliphatic heterocycles. The zero-order chi connectivity index (χ0) is 11.8. The monoisotopic (exact) mass is 252 g/mol. The van der Waals surface area contributed by atoms with Crippen LogP contribution in [0.25, 0.3) is 11.4 Å². The minimum Gasteiger partial charge on any atom is -0.313 e. The second kappa shape index (κ2) is 4.09. The van der Waals surface area contributed by atoms with Crippen molar-refractivity contribution >= 4 is 11.6 Å². The van der Waals surface area contributed by atoms with Crippen molar-refractivity contribution in [3.05, 3.63) is 35.4 Å². The Morgan fingerprint density at radius 2 is 2.24 bits per heavy atom. The van der Waals surface area contributed by atoms with Crippen molar-refractivity contribution in [1.29, 1.82) is 0 Å². The summed E-state index contributed by atoms with van der Waals surface area (Å²) in [5.74, 6) is 0.296. The second-order valence-electron chi connectivity index (χ2n) is 4.00. The molecule has 0 radical (unpaired) electrons. The maximum absolute atomic E-state index is 13.1. The fraction of sp³-hybridized carbons (Fsp3) is 0.273. The minimum absolute atomic E-state index is 0.101. The predicted octanol–water partition coefficient (Wildman–Crippen LogP) is 1.88. The van der Waals surface area contributed by atoms with Crippen LogP contribution in [0.3, 0.4) is 0 Å². The SMILES string of the molecule is Fc1ccc(-c2nncn2C2CNC2)cc1Cl. The van der Waals surface area contributed by atoms with Gasteiger partial charge in [0.05, 0.1) is 11.1 Å². The summed E-state index contributed by atoms with van der Waals surface area (Å²) in [5, 5.41) is 11.3. The van der Waals surface area contributed by atoms with Crippen molar-refractivity contribution in [2.75, 3.05) is 13.1 Å². The Kier molecular flexibility index (Phi) is 2.57. The van der Waals surface area contributed by atoms with Gasteiger partial charge in [-0.2, -0.15) is 0 Å². The normalized spacial score (nSPS) is 15.9. The highest BCUT2D eigenvalue weighted by Crippen LogP contribution is 2.26. The van der Waals surface area contributed by atoms with Crippen molar-refractivity contribution in [1.82, 2.24) is 20.1 Å². The third-order valence-electron chi connectivity index (χ3n) is 2.90. The largest absolute Gasteiger partial charge is 0.313 e. The third kappa shape index (κ3) is 1.81. The number of hydrogen-bond donors (Lipinski definition) is 1. The molecule has 1 fully saturated rings. The van der Waals surface area contributed by atoms with E-state index in [1.165, 1.54) is 6.07 Å². The number of rotatable bonds is 2. The summed E-state index contributed by atoms with van der Waals surface area (Å²) in [6.07, 6.45) is 1.69. The predicted molar refractivity (Wildman–Crippen MR) is 62.3 cm³/mol. The molecule has 88 valence electrons. The molecule has 0 saturated carbocycles. The van der Waals surface area contributed by atoms with Gasteiger partial charge in [0.1, 0.15) is 12.1 Å². The summed E-state index contributed by atoms with van der Waals surface area (Å²) in [6.45, 7) is 1.81. The van der Waals surface area contributed by atoms with Gasteiger partial charge in [0.15, 0.2) is 5.82 Å². The maximum Gasteiger partial charge on any atom is 0.164 e. The van der Waals surface area contributed by atoms with E-state index in [4.69, 9.17) is 11.6 Å². The van der Waals surface area contributed by atoms with E-state index in [-0.39, 0.29) is 5.02 Å². The van der Waals surface area contributed by atoms with Gasteiger partial charge in [0.25, 0.3) is 0 Å². The van der Waals surface area contributed by atoms with E-state index < -0.39 is 5.82 Å². The molecule has 0 spiro atoms. The number of hydrogen-bond acceptors (Lipinski definition) is 3. The van der Waals surface area contributed by atoms with Crippen LogP contribution in [-0.4, -0.2) is 27.9 Å². The highest BCUT2D eigenvalue weighted by molar-refractivity contribution is 6.31. The number of halogens is 2. The molecule has 1 saturated heterocycles. The van der Waals surface area contributed by atoms with Gasteiger partial charge in [0.2, 0.25) is 0 Å². The molecule has 4 nitrogen and oxygen atoms in total. The number of nitrogens with one attached hydrogen (secondary N) is 1. The van der Waals surface area contributed by atoms with Gasteiger partial charge in [-0.1, -0.05) is 11.6 Å². The van der Waals surface area contributed by atoms with Crippen LogP contribution in [0, 0.1) is 5.82 Å². The average Bonchev–Trinajstić information content (AvgIpc) is 2.68. The first-order valence-electron chi connectivity index (χ1n) is 5.31. The Balaban J connectivity index is 2.02. The van der Waals surface area contributed by atoms with Crippen LogP contribution >= 0.6 is 11.6 Å². The van der Waals surface area contributed by atoms with E-state index in [2.05, 4.69) is 15.5 Å². The molecule has 0 aliphatic carbocycles. The molecule has 0 bridgehead atoms. The van der Waals surface area contributed by atoms with Crippen LogP contribution in [0.2, 0.25) is 5.02 Å². The summed E-state index contributed by atoms with van der Waals surface area (Å²) in [5.41, 5.74) is 0.779. The molecule has 2 aromatic rings. The van der Waals surface area contributed by atoms with Gasteiger partial charge in [-0.15, -0.1) is 10.2 Å². The fourth-order valence-corrected chi connectivity index (χ4v) is 2.00. The standard InChI is InChI=1S/C11H10ClFN4/c12-9-3-7(1-2-10(9)13)11-16-15-6-17(11)8-4-14-5-8/h1-3,6,8,14H,4-5H2. The van der Waals surface area contributed by atoms with Crippen LogP contribution in [-0.2, 0) is 0 Å². The Morgan fingerprint density at radius 3 is 2.88 bits per heavy atom. The average molecular weight is 253 g/mol. The first-order valence-corrected chi connectivity index (χ1v) is 5.69. The number of benzene rings is 1. The smallest absolute Gasteiger partial charge is 0.164 e. The molecule has 1 aliphatic rings. The van der Waals surface area contributed by atoms with Gasteiger partial charge in [-0.3, -0.25) is 0 Å². The van der Waals surface area contributed by atoms with Gasteiger partial charge >= 0.3 is 0 Å². The van der Waals surface area contributed by atoms with E-state index in [1.54, 1.807) is 18.5 Å². The molecule has 0 amide bonds. The zero-order valence-corrected chi connectivity index (χ0v) is 9.65. The minimum atomic E-state index is -0.424. The lowest BCUT2D eigenvalue weighted by atomic mass is 10.1. The van der Waals surface area contributed by atoms with Crippen molar-refractivity contribution in [2.45, 2.75) is 6.04 Å². The molecular formula is C11H10ClFN4. The first kappa shape index (κ1) is 10.7. The van der Waals surface area contributed by atoms with Gasteiger partial charge < -0.3 is 9.88 Å². The van der Waals surface area contributed by atoms with Crippen molar-refractivity contribution in [3.8, 4) is 11.4 Å². The summed E-state index contributed by atoms with van der Waals surface area (Å²) in [6, 6.07) is 4.94. The first-order chi connectivity index (χ1) is 8.25. The Hall–Kier alpha value is -1.46.